The van der Waals surface area contributed by atoms with Crippen LogP contribution in [0.5, 0.6) is 0 Å². The zero-order chi connectivity index (χ0) is 18.6. The summed E-state index contributed by atoms with van der Waals surface area (Å²) in [4.78, 5) is 11.8. The largest absolute Gasteiger partial charge is 0.462 e. The van der Waals surface area contributed by atoms with E-state index in [1.165, 1.54) is 5.57 Å². The fraction of sp³-hybridized carbons (Fsp3) is 0.864. The summed E-state index contributed by atoms with van der Waals surface area (Å²) in [6.45, 7) is 11.4. The van der Waals surface area contributed by atoms with Crippen LogP contribution in [0.1, 0.15) is 60.3 Å². The molecule has 146 valence electrons. The molecular formula is C22H34O4. The normalized spacial score (nSPS) is 50.7. The van der Waals surface area contributed by atoms with Gasteiger partial charge in [-0.1, -0.05) is 25.5 Å². The standard InChI is InChI=1S/C22H34O4/c1-12-7-6-8-22(5)21-18-16(14(3)11-24-22)10-13(2)20(25-15(4)23)19(18)17(9-12)26-21/h7,13-14,16-21H,6,8-11H2,1-5H3/t13-,14?,16+,17+,18?,19?,20-,21+,22+/m1/s1. The van der Waals surface area contributed by atoms with Gasteiger partial charge in [-0.05, 0) is 63.2 Å². The van der Waals surface area contributed by atoms with Crippen molar-refractivity contribution in [2.75, 3.05) is 6.61 Å². The predicted octanol–water partition coefficient (Wildman–Crippen LogP) is 4.13. The SMILES string of the molecule is CC(=O)O[C@H]1C2C3[C@@H](C[C@H]1C)C(C)CO[C@@]1(C)CCC=C(C)C[C@@H]2O[C@@H]31. The Balaban J connectivity index is 1.79. The van der Waals surface area contributed by atoms with Crippen molar-refractivity contribution in [2.24, 2.45) is 29.6 Å². The first-order valence-corrected chi connectivity index (χ1v) is 10.4. The second kappa shape index (κ2) is 6.63. The van der Waals surface area contributed by atoms with E-state index in [0.717, 1.165) is 32.3 Å². The highest BCUT2D eigenvalue weighted by atomic mass is 16.6. The topological polar surface area (TPSA) is 44.8 Å². The Morgan fingerprint density at radius 3 is 2.77 bits per heavy atom. The van der Waals surface area contributed by atoms with Crippen molar-refractivity contribution in [1.82, 2.24) is 0 Å². The second-order valence-electron chi connectivity index (χ2n) is 9.59. The minimum atomic E-state index is -0.247. The Bertz CT molecular complexity index is 599. The van der Waals surface area contributed by atoms with Gasteiger partial charge >= 0.3 is 5.97 Å². The molecule has 2 bridgehead atoms. The van der Waals surface area contributed by atoms with Crippen LogP contribution in [0.2, 0.25) is 0 Å². The van der Waals surface area contributed by atoms with E-state index in [0.29, 0.717) is 23.7 Å². The quantitative estimate of drug-likeness (QED) is 0.520. The van der Waals surface area contributed by atoms with Crippen LogP contribution in [0.25, 0.3) is 0 Å². The zero-order valence-electron chi connectivity index (χ0n) is 16.9. The van der Waals surface area contributed by atoms with Gasteiger partial charge in [0, 0.05) is 12.8 Å². The van der Waals surface area contributed by atoms with E-state index in [9.17, 15) is 4.79 Å². The fourth-order valence-corrected chi connectivity index (χ4v) is 6.34. The molecule has 0 spiro atoms. The fourth-order valence-electron chi connectivity index (χ4n) is 6.34. The molecular weight excluding hydrogens is 328 g/mol. The smallest absolute Gasteiger partial charge is 0.302 e. The van der Waals surface area contributed by atoms with E-state index < -0.39 is 0 Å². The van der Waals surface area contributed by atoms with Gasteiger partial charge in [0.15, 0.2) is 0 Å². The summed E-state index contributed by atoms with van der Waals surface area (Å²) in [5.74, 6) is 2.01. The molecule has 1 saturated carbocycles. The molecule has 3 unspecified atom stereocenters. The van der Waals surface area contributed by atoms with Crippen molar-refractivity contribution in [3.63, 3.8) is 0 Å². The van der Waals surface area contributed by atoms with Crippen molar-refractivity contribution in [3.8, 4) is 0 Å². The van der Waals surface area contributed by atoms with Gasteiger partial charge < -0.3 is 14.2 Å². The molecule has 0 aromatic rings. The molecule has 9 atom stereocenters. The molecule has 4 aliphatic rings. The van der Waals surface area contributed by atoms with E-state index in [1.54, 1.807) is 6.92 Å². The number of ether oxygens (including phenoxy) is 3. The Kier molecular flexibility index (Phi) is 4.71. The van der Waals surface area contributed by atoms with Crippen LogP contribution in [0.3, 0.4) is 0 Å². The van der Waals surface area contributed by atoms with E-state index in [4.69, 9.17) is 14.2 Å². The average Bonchev–Trinajstić information content (AvgIpc) is 2.92. The molecule has 0 radical (unpaired) electrons. The molecule has 0 amide bonds. The molecule has 26 heavy (non-hydrogen) atoms. The first-order valence-electron chi connectivity index (χ1n) is 10.4. The summed E-state index contributed by atoms with van der Waals surface area (Å²) in [5.41, 5.74) is 1.14. The maximum absolute atomic E-state index is 11.8. The summed E-state index contributed by atoms with van der Waals surface area (Å²) in [6.07, 6.45) is 6.64. The van der Waals surface area contributed by atoms with Gasteiger partial charge in [-0.2, -0.15) is 0 Å². The summed E-state index contributed by atoms with van der Waals surface area (Å²) >= 11 is 0. The molecule has 3 heterocycles. The molecule has 0 aromatic heterocycles. The van der Waals surface area contributed by atoms with Crippen LogP contribution in [-0.4, -0.2) is 36.5 Å². The van der Waals surface area contributed by atoms with Crippen LogP contribution >= 0.6 is 0 Å². The maximum Gasteiger partial charge on any atom is 0.302 e. The highest BCUT2D eigenvalue weighted by Gasteiger charge is 2.62. The minimum Gasteiger partial charge on any atom is -0.462 e. The number of hydrogen-bond donors (Lipinski definition) is 0. The van der Waals surface area contributed by atoms with E-state index >= 15 is 0 Å². The Morgan fingerprint density at radius 1 is 1.27 bits per heavy atom. The summed E-state index contributed by atoms with van der Waals surface area (Å²) in [7, 11) is 0. The van der Waals surface area contributed by atoms with Gasteiger partial charge in [0.2, 0.25) is 0 Å². The molecule has 1 aliphatic carbocycles. The number of hydrogen-bond acceptors (Lipinski definition) is 4. The number of esters is 1. The van der Waals surface area contributed by atoms with Crippen molar-refractivity contribution in [1.29, 1.82) is 0 Å². The third-order valence-electron chi connectivity index (χ3n) is 7.59. The first-order chi connectivity index (χ1) is 12.3. The van der Waals surface area contributed by atoms with Crippen LogP contribution in [0.4, 0.5) is 0 Å². The lowest BCUT2D eigenvalue weighted by Gasteiger charge is -2.46. The third-order valence-corrected chi connectivity index (χ3v) is 7.59. The number of allylic oxidation sites excluding steroid dienone is 1. The van der Waals surface area contributed by atoms with Crippen molar-refractivity contribution in [2.45, 2.75) is 84.2 Å². The van der Waals surface area contributed by atoms with Gasteiger partial charge in [0.25, 0.3) is 0 Å². The highest BCUT2D eigenvalue weighted by Crippen LogP contribution is 2.57. The number of rotatable bonds is 1. The summed E-state index contributed by atoms with van der Waals surface area (Å²) < 4.78 is 19.2. The van der Waals surface area contributed by atoms with Gasteiger partial charge in [0.1, 0.15) is 6.10 Å². The predicted molar refractivity (Wildman–Crippen MR) is 99.6 cm³/mol. The lowest BCUT2D eigenvalue weighted by molar-refractivity contribution is -0.160. The number of carbonyl (C=O) groups is 1. The van der Waals surface area contributed by atoms with Gasteiger partial charge in [0.05, 0.1) is 24.4 Å². The molecule has 0 aromatic carbocycles. The summed E-state index contributed by atoms with van der Waals surface area (Å²) in [5, 5.41) is 0. The molecule has 4 heteroatoms. The van der Waals surface area contributed by atoms with Gasteiger partial charge in [-0.25, -0.2) is 0 Å². The monoisotopic (exact) mass is 362 g/mol. The molecule has 4 nitrogen and oxygen atoms in total. The molecule has 2 saturated heterocycles. The first kappa shape index (κ1) is 18.5. The van der Waals surface area contributed by atoms with Crippen LogP contribution < -0.4 is 0 Å². The Morgan fingerprint density at radius 2 is 2.04 bits per heavy atom. The maximum atomic E-state index is 11.8. The van der Waals surface area contributed by atoms with E-state index in [2.05, 4.69) is 33.8 Å². The molecule has 4 rings (SSSR count). The molecule has 3 aliphatic heterocycles. The molecule has 0 N–H and O–H groups in total. The lowest BCUT2D eigenvalue weighted by atomic mass is 9.59. The lowest BCUT2D eigenvalue weighted by Crippen LogP contribution is -2.51. The van der Waals surface area contributed by atoms with Crippen LogP contribution in [0, 0.1) is 29.6 Å². The number of carbonyl (C=O) groups excluding carboxylic acids is 1. The van der Waals surface area contributed by atoms with Gasteiger partial charge in [-0.15, -0.1) is 0 Å². The van der Waals surface area contributed by atoms with Crippen molar-refractivity contribution < 1.29 is 19.0 Å². The zero-order valence-corrected chi connectivity index (χ0v) is 16.9. The van der Waals surface area contributed by atoms with Crippen molar-refractivity contribution >= 4 is 5.97 Å². The minimum absolute atomic E-state index is 0.0365. The van der Waals surface area contributed by atoms with E-state index in [-0.39, 0.29) is 35.8 Å². The Labute approximate surface area is 157 Å². The van der Waals surface area contributed by atoms with Gasteiger partial charge in [-0.3, -0.25) is 4.79 Å². The summed E-state index contributed by atoms with van der Waals surface area (Å²) in [6, 6.07) is 0. The van der Waals surface area contributed by atoms with E-state index in [1.807, 2.05) is 0 Å². The van der Waals surface area contributed by atoms with Crippen LogP contribution in [0.15, 0.2) is 11.6 Å². The highest BCUT2D eigenvalue weighted by molar-refractivity contribution is 5.66. The van der Waals surface area contributed by atoms with Crippen LogP contribution in [-0.2, 0) is 19.0 Å². The number of fused-ring (bicyclic) bond motifs is 2. The molecule has 3 fully saturated rings. The van der Waals surface area contributed by atoms with Crippen molar-refractivity contribution in [3.05, 3.63) is 11.6 Å². The Hall–Kier alpha value is -0.870. The average molecular weight is 363 g/mol. The third kappa shape index (κ3) is 2.93. The second-order valence-corrected chi connectivity index (χ2v) is 9.59.